The van der Waals surface area contributed by atoms with Gasteiger partial charge in [-0.1, -0.05) is 11.8 Å². The lowest BCUT2D eigenvalue weighted by Crippen LogP contribution is -2.12. The van der Waals surface area contributed by atoms with Gasteiger partial charge in [-0.3, -0.25) is 10.1 Å². The monoisotopic (exact) mass is 456 g/mol. The predicted molar refractivity (Wildman–Crippen MR) is 122 cm³/mol. The number of aliphatic hydroxyl groups is 1. The maximum Gasteiger partial charge on any atom is 0.344 e. The highest BCUT2D eigenvalue weighted by molar-refractivity contribution is 8.18. The van der Waals surface area contributed by atoms with Gasteiger partial charge in [0.1, 0.15) is 16.4 Å². The Labute approximate surface area is 188 Å². The molecule has 0 atom stereocenters. The van der Waals surface area contributed by atoms with Crippen molar-refractivity contribution in [2.24, 2.45) is 4.99 Å². The number of nitro benzene ring substituents is 1. The van der Waals surface area contributed by atoms with Gasteiger partial charge in [0, 0.05) is 18.2 Å². The Kier molecular flexibility index (Phi) is 7.16. The van der Waals surface area contributed by atoms with E-state index in [1.54, 1.807) is 43.3 Å². The summed E-state index contributed by atoms with van der Waals surface area (Å²) < 4.78 is 15.6. The first-order valence-electron chi connectivity index (χ1n) is 9.43. The Bertz CT molecular complexity index is 1140. The molecule has 0 aromatic heterocycles. The highest BCUT2D eigenvalue weighted by atomic mass is 32.2. The summed E-state index contributed by atoms with van der Waals surface area (Å²) in [5.74, 6) is 0.0121. The number of methoxy groups -OCH3 is 2. The van der Waals surface area contributed by atoms with Gasteiger partial charge in [0.25, 0.3) is 5.69 Å². The standard InChI is InChI=1S/C22H20N2O7S/c1-4-31-22(26)19-20(25)18(11-13-5-8-15(9-6-13)24(27)28)32-21(19)23-14-7-10-16(29-2)17(12-14)30-3/h5-12,25H,4H2,1-3H3. The molecule has 1 aliphatic rings. The van der Waals surface area contributed by atoms with Crippen LogP contribution in [0.2, 0.25) is 0 Å². The van der Waals surface area contributed by atoms with Crippen molar-refractivity contribution in [2.45, 2.75) is 6.92 Å². The summed E-state index contributed by atoms with van der Waals surface area (Å²) in [5.41, 5.74) is 0.991. The number of hydrogen-bond acceptors (Lipinski definition) is 9. The first-order valence-corrected chi connectivity index (χ1v) is 10.2. The Hall–Kier alpha value is -3.79. The van der Waals surface area contributed by atoms with E-state index in [9.17, 15) is 20.0 Å². The van der Waals surface area contributed by atoms with Crippen molar-refractivity contribution in [2.75, 3.05) is 20.8 Å². The van der Waals surface area contributed by atoms with Gasteiger partial charge in [-0.05, 0) is 42.8 Å². The fourth-order valence-corrected chi connectivity index (χ4v) is 3.88. The average Bonchev–Trinajstić information content (AvgIpc) is 3.08. The number of aliphatic imine (C=N–C) groups is 1. The third kappa shape index (κ3) is 4.92. The van der Waals surface area contributed by atoms with Crippen LogP contribution >= 0.6 is 11.8 Å². The molecule has 1 heterocycles. The number of rotatable bonds is 7. The Morgan fingerprint density at radius 1 is 1.16 bits per heavy atom. The van der Waals surface area contributed by atoms with Crippen molar-refractivity contribution in [3.05, 3.63) is 74.4 Å². The molecule has 1 N–H and O–H groups in total. The van der Waals surface area contributed by atoms with Gasteiger partial charge in [0.2, 0.25) is 0 Å². The Morgan fingerprint density at radius 2 is 1.84 bits per heavy atom. The molecule has 0 bridgehead atoms. The van der Waals surface area contributed by atoms with Gasteiger partial charge < -0.3 is 19.3 Å². The summed E-state index contributed by atoms with van der Waals surface area (Å²) in [6.45, 7) is 1.79. The number of thioether (sulfide) groups is 1. The number of hydrogen-bond donors (Lipinski definition) is 1. The zero-order valence-corrected chi connectivity index (χ0v) is 18.3. The predicted octanol–water partition coefficient (Wildman–Crippen LogP) is 4.81. The van der Waals surface area contributed by atoms with Crippen molar-refractivity contribution < 1.29 is 29.0 Å². The minimum absolute atomic E-state index is 0.0473. The van der Waals surface area contributed by atoms with E-state index in [1.807, 2.05) is 0 Å². The van der Waals surface area contributed by atoms with Gasteiger partial charge in [-0.25, -0.2) is 9.79 Å². The van der Waals surface area contributed by atoms with Crippen LogP contribution in [0.3, 0.4) is 0 Å². The van der Waals surface area contributed by atoms with Crippen LogP contribution in [0.4, 0.5) is 11.4 Å². The molecule has 2 aromatic rings. The smallest absolute Gasteiger partial charge is 0.344 e. The molecule has 9 nitrogen and oxygen atoms in total. The molecule has 0 fully saturated rings. The minimum Gasteiger partial charge on any atom is -0.506 e. The van der Waals surface area contributed by atoms with Crippen LogP contribution in [0.15, 0.2) is 63.7 Å². The number of nitro groups is 1. The molecule has 0 radical (unpaired) electrons. The fourth-order valence-electron chi connectivity index (χ4n) is 2.85. The van der Waals surface area contributed by atoms with Gasteiger partial charge in [-0.15, -0.1) is 0 Å². The first-order chi connectivity index (χ1) is 15.4. The van der Waals surface area contributed by atoms with Crippen LogP contribution in [0.1, 0.15) is 12.5 Å². The average molecular weight is 456 g/mol. The number of carbonyl (C=O) groups is 1. The van der Waals surface area contributed by atoms with Crippen LogP contribution in [0.25, 0.3) is 6.08 Å². The van der Waals surface area contributed by atoms with Crippen LogP contribution in [-0.2, 0) is 9.53 Å². The topological polar surface area (TPSA) is 120 Å². The third-order valence-electron chi connectivity index (χ3n) is 4.37. The zero-order valence-electron chi connectivity index (χ0n) is 17.5. The van der Waals surface area contributed by atoms with Crippen molar-refractivity contribution in [3.8, 4) is 11.5 Å². The second-order valence-electron chi connectivity index (χ2n) is 6.36. The van der Waals surface area contributed by atoms with Gasteiger partial charge in [0.05, 0.1) is 36.3 Å². The molecule has 0 saturated carbocycles. The van der Waals surface area contributed by atoms with Crippen LogP contribution in [0, 0.1) is 10.1 Å². The number of ether oxygens (including phenoxy) is 3. The highest BCUT2D eigenvalue weighted by Crippen LogP contribution is 2.41. The molecule has 10 heteroatoms. The fraction of sp³-hybridized carbons (Fsp3) is 0.182. The van der Waals surface area contributed by atoms with Gasteiger partial charge in [0.15, 0.2) is 11.5 Å². The first kappa shape index (κ1) is 22.9. The van der Waals surface area contributed by atoms with Crippen LogP contribution < -0.4 is 9.47 Å². The van der Waals surface area contributed by atoms with Crippen molar-refractivity contribution in [1.82, 2.24) is 0 Å². The van der Waals surface area contributed by atoms with Crippen LogP contribution in [-0.4, -0.2) is 41.9 Å². The second kappa shape index (κ2) is 10.0. The van der Waals surface area contributed by atoms with Crippen LogP contribution in [0.5, 0.6) is 11.5 Å². The molecule has 1 aliphatic heterocycles. The second-order valence-corrected chi connectivity index (χ2v) is 7.39. The molecule has 0 amide bonds. The Balaban J connectivity index is 2.02. The molecule has 0 spiro atoms. The van der Waals surface area contributed by atoms with E-state index in [1.165, 1.54) is 26.4 Å². The normalized spacial score (nSPS) is 15.8. The molecule has 0 saturated heterocycles. The summed E-state index contributed by atoms with van der Waals surface area (Å²) in [5, 5.41) is 21.8. The minimum atomic E-state index is -0.705. The third-order valence-corrected chi connectivity index (χ3v) is 5.39. The van der Waals surface area contributed by atoms with Crippen molar-refractivity contribution in [3.63, 3.8) is 0 Å². The van der Waals surface area contributed by atoms with E-state index in [0.717, 1.165) is 11.8 Å². The number of nitrogens with zero attached hydrogens (tertiary/aromatic N) is 2. The molecule has 166 valence electrons. The van der Waals surface area contributed by atoms with E-state index in [-0.39, 0.29) is 28.7 Å². The van der Waals surface area contributed by atoms with Gasteiger partial charge in [-0.2, -0.15) is 0 Å². The molecule has 32 heavy (non-hydrogen) atoms. The summed E-state index contributed by atoms with van der Waals surface area (Å²) in [4.78, 5) is 27.7. The summed E-state index contributed by atoms with van der Waals surface area (Å²) >= 11 is 1.08. The number of benzene rings is 2. The van der Waals surface area contributed by atoms with E-state index in [4.69, 9.17) is 14.2 Å². The van der Waals surface area contributed by atoms with E-state index >= 15 is 0 Å². The summed E-state index contributed by atoms with van der Waals surface area (Å²) in [6.07, 6.45) is 1.61. The molecule has 3 rings (SSSR count). The molecular weight excluding hydrogens is 436 g/mol. The molecule has 2 aromatic carbocycles. The van der Waals surface area contributed by atoms with E-state index in [2.05, 4.69) is 4.99 Å². The zero-order chi connectivity index (χ0) is 23.3. The number of esters is 1. The number of non-ortho nitro benzene ring substituents is 1. The molecule has 0 unspecified atom stereocenters. The number of carbonyl (C=O) groups excluding carboxylic acids is 1. The summed E-state index contributed by atoms with van der Waals surface area (Å²) in [6, 6.07) is 10.8. The lowest BCUT2D eigenvalue weighted by molar-refractivity contribution is -0.384. The van der Waals surface area contributed by atoms with Gasteiger partial charge >= 0.3 is 5.97 Å². The lowest BCUT2D eigenvalue weighted by atomic mass is 10.1. The largest absolute Gasteiger partial charge is 0.506 e. The summed E-state index contributed by atoms with van der Waals surface area (Å²) in [7, 11) is 3.02. The highest BCUT2D eigenvalue weighted by Gasteiger charge is 2.33. The molecular formula is C22H20N2O7S. The number of aliphatic hydroxyl groups excluding tert-OH is 1. The quantitative estimate of drug-likeness (QED) is 0.358. The Morgan fingerprint density at radius 3 is 2.44 bits per heavy atom. The maximum absolute atomic E-state index is 12.5. The van der Waals surface area contributed by atoms with E-state index in [0.29, 0.717) is 27.7 Å². The van der Waals surface area contributed by atoms with Crippen molar-refractivity contribution in [1.29, 1.82) is 0 Å². The maximum atomic E-state index is 12.5. The SMILES string of the molecule is CCOC(=O)C1=C(O)C(=Cc2ccc([N+](=O)[O-])cc2)SC1=Nc1ccc(OC)c(OC)c1. The van der Waals surface area contributed by atoms with E-state index < -0.39 is 10.9 Å². The lowest BCUT2D eigenvalue weighted by Gasteiger charge is -2.08. The van der Waals surface area contributed by atoms with Crippen molar-refractivity contribution >= 4 is 40.2 Å². The molecule has 0 aliphatic carbocycles.